The molecule has 4 aliphatic carbocycles. The van der Waals surface area contributed by atoms with Crippen molar-refractivity contribution >= 4 is 46.3 Å². The molecule has 2 saturated carbocycles. The zero-order chi connectivity index (χ0) is 21.3. The Bertz CT molecular complexity index is 997. The third-order valence-corrected chi connectivity index (χ3v) is 8.89. The molecule has 2 fully saturated rings. The SMILES string of the molecule is C.C.C.C=C(C)[C@]1(O)CC[C@H]2[C@@H]3CCC4=CC(=O)CCC4=C3[C@@H](c3ccc(O)cc3)C[C@@]21C.S.S.S. The first-order valence-electron chi connectivity index (χ1n) is 11.4. The molecule has 0 radical (unpaired) electrons. The second-order valence-corrected chi connectivity index (χ2v) is 10.3. The van der Waals surface area contributed by atoms with Gasteiger partial charge in [0.25, 0.3) is 0 Å². The number of ketones is 1. The molecule has 0 aromatic heterocycles. The van der Waals surface area contributed by atoms with Crippen LogP contribution in [0.25, 0.3) is 0 Å². The number of hydrogen-bond donors (Lipinski definition) is 2. The molecule has 36 heavy (non-hydrogen) atoms. The summed E-state index contributed by atoms with van der Waals surface area (Å²) in [5.41, 5.74) is 5.21. The van der Waals surface area contributed by atoms with Crippen molar-refractivity contribution in [3.63, 3.8) is 0 Å². The van der Waals surface area contributed by atoms with E-state index in [9.17, 15) is 15.0 Å². The maximum absolute atomic E-state index is 12.1. The summed E-state index contributed by atoms with van der Waals surface area (Å²) in [7, 11) is 0. The lowest BCUT2D eigenvalue weighted by molar-refractivity contribution is -0.114. The van der Waals surface area contributed by atoms with Crippen molar-refractivity contribution in [2.24, 2.45) is 17.3 Å². The highest BCUT2D eigenvalue weighted by atomic mass is 32.1. The molecule has 0 unspecified atom stereocenters. The molecule has 1 aromatic carbocycles. The van der Waals surface area contributed by atoms with Gasteiger partial charge in [0.15, 0.2) is 5.78 Å². The van der Waals surface area contributed by atoms with E-state index >= 15 is 0 Å². The number of fused-ring (bicyclic) bond motifs is 4. The first-order chi connectivity index (χ1) is 14.2. The Morgan fingerprint density at radius 1 is 1.00 bits per heavy atom. The number of aromatic hydroxyl groups is 1. The van der Waals surface area contributed by atoms with Crippen LogP contribution in [0.4, 0.5) is 0 Å². The highest BCUT2D eigenvalue weighted by molar-refractivity contribution is 7.59. The Labute approximate surface area is 240 Å². The molecule has 2 N–H and O–H groups in total. The fraction of sp³-hybridized carbons (Fsp3) is 0.567. The minimum atomic E-state index is -0.832. The van der Waals surface area contributed by atoms with Crippen LogP contribution in [0, 0.1) is 17.3 Å². The lowest BCUT2D eigenvalue weighted by Gasteiger charge is -2.55. The summed E-state index contributed by atoms with van der Waals surface area (Å²) in [4.78, 5) is 12.1. The number of rotatable bonds is 2. The predicted molar refractivity (Wildman–Crippen MR) is 169 cm³/mol. The van der Waals surface area contributed by atoms with Crippen molar-refractivity contribution in [1.82, 2.24) is 0 Å². The number of phenols is 1. The monoisotopic (exact) mass is 554 g/mol. The summed E-state index contributed by atoms with van der Waals surface area (Å²) in [6.07, 6.45) is 8.06. The predicted octanol–water partition coefficient (Wildman–Crippen LogP) is 7.85. The molecule has 1 aromatic rings. The van der Waals surface area contributed by atoms with Crippen LogP contribution in [0.2, 0.25) is 0 Å². The normalized spacial score (nSPS) is 31.6. The van der Waals surface area contributed by atoms with Crippen LogP contribution in [0.1, 0.15) is 92.6 Å². The minimum absolute atomic E-state index is 0. The van der Waals surface area contributed by atoms with Crippen molar-refractivity contribution in [2.45, 2.75) is 92.6 Å². The molecule has 6 heteroatoms. The number of carbonyl (C=O) groups excluding carboxylic acids is 1. The van der Waals surface area contributed by atoms with Crippen LogP contribution in [0.5, 0.6) is 5.75 Å². The maximum atomic E-state index is 12.1. The quantitative estimate of drug-likeness (QED) is 0.366. The van der Waals surface area contributed by atoms with Gasteiger partial charge in [0.05, 0.1) is 5.60 Å². The van der Waals surface area contributed by atoms with Gasteiger partial charge in [-0.1, -0.05) is 53.5 Å². The average Bonchev–Trinajstić information content (AvgIpc) is 2.99. The van der Waals surface area contributed by atoms with Crippen LogP contribution in [-0.2, 0) is 4.79 Å². The fourth-order valence-electron chi connectivity index (χ4n) is 7.37. The van der Waals surface area contributed by atoms with E-state index in [-0.39, 0.29) is 85.6 Å². The molecule has 0 bridgehead atoms. The van der Waals surface area contributed by atoms with Gasteiger partial charge in [0.1, 0.15) is 5.75 Å². The summed E-state index contributed by atoms with van der Waals surface area (Å²) in [5.74, 6) is 1.62. The largest absolute Gasteiger partial charge is 0.508 e. The van der Waals surface area contributed by atoms with E-state index in [0.717, 1.165) is 44.1 Å². The molecule has 0 amide bonds. The maximum Gasteiger partial charge on any atom is 0.156 e. The van der Waals surface area contributed by atoms with E-state index in [4.69, 9.17) is 0 Å². The van der Waals surface area contributed by atoms with Crippen LogP contribution in [0.3, 0.4) is 0 Å². The zero-order valence-electron chi connectivity index (χ0n) is 19.6. The van der Waals surface area contributed by atoms with E-state index in [1.165, 1.54) is 22.3 Å². The molecule has 4 aliphatic rings. The summed E-state index contributed by atoms with van der Waals surface area (Å²) in [6, 6.07) is 7.62. The van der Waals surface area contributed by atoms with E-state index < -0.39 is 5.60 Å². The number of allylic oxidation sites excluding steroid dienone is 4. The van der Waals surface area contributed by atoms with Crippen molar-refractivity contribution in [2.75, 3.05) is 0 Å². The zero-order valence-corrected chi connectivity index (χ0v) is 22.6. The van der Waals surface area contributed by atoms with Crippen molar-refractivity contribution < 1.29 is 15.0 Å². The molecule has 0 aliphatic heterocycles. The van der Waals surface area contributed by atoms with Gasteiger partial charge in [-0.15, -0.1) is 0 Å². The van der Waals surface area contributed by atoms with Gasteiger partial charge in [0, 0.05) is 17.8 Å². The molecule has 0 spiro atoms. The first-order valence-corrected chi connectivity index (χ1v) is 11.4. The first kappa shape index (κ1) is 37.1. The summed E-state index contributed by atoms with van der Waals surface area (Å²) in [6.45, 7) is 8.45. The van der Waals surface area contributed by atoms with E-state index in [2.05, 4.69) is 13.5 Å². The van der Waals surface area contributed by atoms with Gasteiger partial charge in [0.2, 0.25) is 0 Å². The van der Waals surface area contributed by atoms with E-state index in [1.807, 2.05) is 25.1 Å². The molecule has 206 valence electrons. The van der Waals surface area contributed by atoms with Gasteiger partial charge in [-0.25, -0.2) is 0 Å². The minimum Gasteiger partial charge on any atom is -0.508 e. The highest BCUT2D eigenvalue weighted by Gasteiger charge is 2.63. The Kier molecular flexibility index (Phi) is 13.5. The van der Waals surface area contributed by atoms with Gasteiger partial charge >= 0.3 is 0 Å². The molecule has 5 rings (SSSR count). The Balaban J connectivity index is 0. The Morgan fingerprint density at radius 2 is 1.61 bits per heavy atom. The van der Waals surface area contributed by atoms with Crippen LogP contribution >= 0.6 is 40.5 Å². The molecule has 3 nitrogen and oxygen atoms in total. The lowest BCUT2D eigenvalue weighted by atomic mass is 9.50. The highest BCUT2D eigenvalue weighted by Crippen LogP contribution is 2.67. The number of phenolic OH excluding ortho intramolecular Hbond substituents is 1. The Morgan fingerprint density at radius 3 is 2.19 bits per heavy atom. The summed E-state index contributed by atoms with van der Waals surface area (Å²) >= 11 is 0. The Hall–Kier alpha value is -1.08. The smallest absolute Gasteiger partial charge is 0.156 e. The number of hydrogen-bond acceptors (Lipinski definition) is 3. The lowest BCUT2D eigenvalue weighted by Crippen LogP contribution is -2.52. The third kappa shape index (κ3) is 5.39. The van der Waals surface area contributed by atoms with Gasteiger partial charge in [-0.05, 0) is 97.8 Å². The van der Waals surface area contributed by atoms with Gasteiger partial charge in [-0.2, -0.15) is 40.5 Å². The van der Waals surface area contributed by atoms with Crippen LogP contribution in [-0.4, -0.2) is 21.6 Å². The standard InChI is InChI=1S/C27H32O3.3CH4.3H2S/c1-16(2)27(30)13-12-24-22-10-6-18-14-20(29)9-11-21(18)25(22)23(15-26(24,27)3)17-4-7-19(28)8-5-17;;;;;;/h4-5,7-8,14,22-24,28,30H,1,6,9-13,15H2,2-3H3;3*1H4;3*1H2/t22-,23+,24-,26-,27+;;;;;;/m0....../s1. The van der Waals surface area contributed by atoms with Crippen LogP contribution in [0.15, 0.2) is 59.2 Å². The number of benzene rings is 1. The average molecular weight is 555 g/mol. The molecule has 0 saturated heterocycles. The van der Waals surface area contributed by atoms with Gasteiger partial charge < -0.3 is 10.2 Å². The summed E-state index contributed by atoms with van der Waals surface area (Å²) in [5, 5.41) is 21.6. The van der Waals surface area contributed by atoms with Crippen molar-refractivity contribution in [1.29, 1.82) is 0 Å². The second kappa shape index (κ2) is 13.1. The molecule has 0 heterocycles. The fourth-order valence-corrected chi connectivity index (χ4v) is 7.37. The van der Waals surface area contributed by atoms with Gasteiger partial charge in [-0.3, -0.25) is 4.79 Å². The number of aliphatic hydroxyl groups is 1. The topological polar surface area (TPSA) is 57.5 Å². The molecular formula is C30H50O3S3. The van der Waals surface area contributed by atoms with Crippen molar-refractivity contribution in [3.8, 4) is 5.75 Å². The van der Waals surface area contributed by atoms with E-state index in [0.29, 0.717) is 18.3 Å². The van der Waals surface area contributed by atoms with Crippen LogP contribution < -0.4 is 0 Å². The molecule has 5 atom stereocenters. The number of carbonyl (C=O) groups is 1. The van der Waals surface area contributed by atoms with Crippen molar-refractivity contribution in [3.05, 3.63) is 64.8 Å². The summed E-state index contributed by atoms with van der Waals surface area (Å²) < 4.78 is 0. The molecular weight excluding hydrogens is 505 g/mol. The van der Waals surface area contributed by atoms with E-state index in [1.54, 1.807) is 12.1 Å². The third-order valence-electron chi connectivity index (χ3n) is 8.89. The second-order valence-electron chi connectivity index (χ2n) is 10.3.